The van der Waals surface area contributed by atoms with Crippen molar-refractivity contribution in [1.82, 2.24) is 15.5 Å². The molecule has 1 aliphatic heterocycles. The number of nitrogens with one attached hydrogen (secondary N) is 2. The molecule has 1 aliphatic rings. The van der Waals surface area contributed by atoms with Gasteiger partial charge >= 0.3 is 6.03 Å². The average Bonchev–Trinajstić information content (AvgIpc) is 2.93. The zero-order valence-corrected chi connectivity index (χ0v) is 13.9. The van der Waals surface area contributed by atoms with Crippen LogP contribution in [0.5, 0.6) is 0 Å². The molecule has 2 rings (SSSR count). The van der Waals surface area contributed by atoms with E-state index in [9.17, 15) is 9.59 Å². The number of amides is 3. The summed E-state index contributed by atoms with van der Waals surface area (Å²) < 4.78 is 0. The van der Waals surface area contributed by atoms with Crippen molar-refractivity contribution in [2.24, 2.45) is 11.1 Å². The Morgan fingerprint density at radius 3 is 2.91 bits per heavy atom. The van der Waals surface area contributed by atoms with Crippen LogP contribution in [-0.4, -0.2) is 42.5 Å². The summed E-state index contributed by atoms with van der Waals surface area (Å²) >= 11 is 1.56. The third-order valence-corrected chi connectivity index (χ3v) is 4.89. The number of carbonyl (C=O) groups is 2. The summed E-state index contributed by atoms with van der Waals surface area (Å²) in [7, 11) is 0. The number of nitrogens with two attached hydrogens (primary N) is 1. The molecule has 0 aromatic carbocycles. The Kier molecular flexibility index (Phi) is 5.55. The van der Waals surface area contributed by atoms with E-state index < -0.39 is 6.03 Å². The van der Waals surface area contributed by atoms with Crippen molar-refractivity contribution < 1.29 is 9.59 Å². The van der Waals surface area contributed by atoms with Crippen molar-refractivity contribution in [2.75, 3.05) is 19.6 Å². The fourth-order valence-electron chi connectivity index (χ4n) is 2.61. The first-order chi connectivity index (χ1) is 10.4. The maximum atomic E-state index is 11.9. The first kappa shape index (κ1) is 16.9. The Hall–Kier alpha value is -1.44. The number of urea groups is 1. The van der Waals surface area contributed by atoms with Gasteiger partial charge in [0, 0.05) is 24.0 Å². The highest BCUT2D eigenvalue weighted by atomic mass is 32.1. The highest BCUT2D eigenvalue weighted by Gasteiger charge is 2.33. The van der Waals surface area contributed by atoms with Crippen LogP contribution in [0.25, 0.3) is 0 Å². The Bertz CT molecular complexity index is 516. The van der Waals surface area contributed by atoms with Crippen molar-refractivity contribution in [3.8, 4) is 0 Å². The molecule has 0 aliphatic carbocycles. The van der Waals surface area contributed by atoms with Gasteiger partial charge in [-0.1, -0.05) is 19.9 Å². The van der Waals surface area contributed by atoms with E-state index in [1.165, 1.54) is 0 Å². The van der Waals surface area contributed by atoms with E-state index >= 15 is 0 Å². The second-order valence-electron chi connectivity index (χ2n) is 6.40. The summed E-state index contributed by atoms with van der Waals surface area (Å²) in [4.78, 5) is 26.7. The second kappa shape index (κ2) is 7.21. The van der Waals surface area contributed by atoms with Gasteiger partial charge < -0.3 is 11.1 Å². The van der Waals surface area contributed by atoms with Crippen molar-refractivity contribution in [3.63, 3.8) is 0 Å². The van der Waals surface area contributed by atoms with Gasteiger partial charge in [-0.3, -0.25) is 15.0 Å². The molecule has 4 N–H and O–H groups in total. The normalized spacial score (nSPS) is 21.3. The Labute approximate surface area is 135 Å². The lowest BCUT2D eigenvalue weighted by atomic mass is 9.80. The van der Waals surface area contributed by atoms with Crippen LogP contribution in [-0.2, 0) is 11.3 Å². The Morgan fingerprint density at radius 2 is 2.27 bits per heavy atom. The molecular formula is C15H24N4O2S. The number of rotatable bonds is 4. The molecule has 22 heavy (non-hydrogen) atoms. The minimum absolute atomic E-state index is 0.0139. The molecule has 1 aromatic heterocycles. The third kappa shape index (κ3) is 4.79. The SMILES string of the molecule is CC1(C)CN(CC(=O)NC(=O)NCc2cccs2)CCC1N. The molecule has 6 nitrogen and oxygen atoms in total. The van der Waals surface area contributed by atoms with E-state index in [4.69, 9.17) is 5.73 Å². The minimum Gasteiger partial charge on any atom is -0.333 e. The summed E-state index contributed by atoms with van der Waals surface area (Å²) in [6, 6.07) is 3.56. The van der Waals surface area contributed by atoms with E-state index in [1.54, 1.807) is 11.3 Å². The largest absolute Gasteiger partial charge is 0.333 e. The maximum Gasteiger partial charge on any atom is 0.321 e. The average molecular weight is 324 g/mol. The van der Waals surface area contributed by atoms with E-state index in [1.807, 2.05) is 22.4 Å². The lowest BCUT2D eigenvalue weighted by Gasteiger charge is -2.42. The van der Waals surface area contributed by atoms with Gasteiger partial charge in [0.1, 0.15) is 0 Å². The first-order valence-electron chi connectivity index (χ1n) is 7.45. The second-order valence-corrected chi connectivity index (χ2v) is 7.44. The molecule has 7 heteroatoms. The van der Waals surface area contributed by atoms with Gasteiger partial charge in [0.2, 0.25) is 5.91 Å². The smallest absolute Gasteiger partial charge is 0.321 e. The van der Waals surface area contributed by atoms with Crippen LogP contribution in [0, 0.1) is 5.41 Å². The minimum atomic E-state index is -0.452. The van der Waals surface area contributed by atoms with Gasteiger partial charge in [-0.05, 0) is 23.3 Å². The third-order valence-electron chi connectivity index (χ3n) is 4.01. The van der Waals surface area contributed by atoms with Gasteiger partial charge in [0.25, 0.3) is 0 Å². The fourth-order valence-corrected chi connectivity index (χ4v) is 3.26. The number of imide groups is 1. The van der Waals surface area contributed by atoms with Gasteiger partial charge in [0.05, 0.1) is 13.1 Å². The number of likely N-dealkylation sites (tertiary alicyclic amines) is 1. The van der Waals surface area contributed by atoms with Crippen LogP contribution in [0.3, 0.4) is 0 Å². The summed E-state index contributed by atoms with van der Waals surface area (Å²) in [6.07, 6.45) is 0.866. The molecule has 0 bridgehead atoms. The Morgan fingerprint density at radius 1 is 1.50 bits per heavy atom. The van der Waals surface area contributed by atoms with Gasteiger partial charge in [-0.25, -0.2) is 4.79 Å². The lowest BCUT2D eigenvalue weighted by Crippen LogP contribution is -2.54. The van der Waals surface area contributed by atoms with Crippen LogP contribution in [0.1, 0.15) is 25.1 Å². The van der Waals surface area contributed by atoms with Crippen LogP contribution in [0.4, 0.5) is 4.79 Å². The summed E-state index contributed by atoms with van der Waals surface area (Å²) in [5, 5.41) is 7.00. The van der Waals surface area contributed by atoms with Crippen LogP contribution >= 0.6 is 11.3 Å². The van der Waals surface area contributed by atoms with Gasteiger partial charge in [-0.2, -0.15) is 0 Å². The van der Waals surface area contributed by atoms with E-state index in [2.05, 4.69) is 24.5 Å². The number of hydrogen-bond acceptors (Lipinski definition) is 5. The highest BCUT2D eigenvalue weighted by molar-refractivity contribution is 7.09. The number of nitrogens with zero attached hydrogens (tertiary/aromatic N) is 1. The first-order valence-corrected chi connectivity index (χ1v) is 8.33. The predicted molar refractivity (Wildman–Crippen MR) is 87.5 cm³/mol. The molecule has 1 atom stereocenters. The topological polar surface area (TPSA) is 87.5 Å². The van der Waals surface area contributed by atoms with Crippen LogP contribution in [0.2, 0.25) is 0 Å². The van der Waals surface area contributed by atoms with Crippen molar-refractivity contribution in [2.45, 2.75) is 32.9 Å². The zero-order chi connectivity index (χ0) is 16.2. The molecule has 1 aromatic rings. The number of carbonyl (C=O) groups excluding carboxylic acids is 2. The molecule has 1 fully saturated rings. The predicted octanol–water partition coefficient (Wildman–Crippen LogP) is 1.13. The standard InChI is InChI=1S/C15H24N4O2S/c1-15(2)10-19(6-5-12(15)16)9-13(20)18-14(21)17-8-11-4-3-7-22-11/h3-4,7,12H,5-6,8-10,16H2,1-2H3,(H2,17,18,20,21). The molecule has 0 radical (unpaired) electrons. The number of hydrogen-bond donors (Lipinski definition) is 3. The molecule has 0 saturated carbocycles. The molecule has 1 unspecified atom stereocenters. The van der Waals surface area contributed by atoms with Crippen LogP contribution < -0.4 is 16.4 Å². The number of piperidine rings is 1. The van der Waals surface area contributed by atoms with Crippen molar-refractivity contribution in [3.05, 3.63) is 22.4 Å². The molecule has 2 heterocycles. The molecular weight excluding hydrogens is 300 g/mol. The van der Waals surface area contributed by atoms with E-state index in [0.29, 0.717) is 6.54 Å². The fraction of sp³-hybridized carbons (Fsp3) is 0.600. The summed E-state index contributed by atoms with van der Waals surface area (Å²) in [6.45, 7) is 6.42. The molecule has 0 spiro atoms. The number of thiophene rings is 1. The molecule has 1 saturated heterocycles. The molecule has 122 valence electrons. The molecule has 3 amide bonds. The van der Waals surface area contributed by atoms with E-state index in [-0.39, 0.29) is 23.9 Å². The van der Waals surface area contributed by atoms with E-state index in [0.717, 1.165) is 24.4 Å². The van der Waals surface area contributed by atoms with Gasteiger partial charge in [-0.15, -0.1) is 11.3 Å². The summed E-state index contributed by atoms with van der Waals surface area (Å²) in [5.41, 5.74) is 6.07. The quantitative estimate of drug-likeness (QED) is 0.775. The monoisotopic (exact) mass is 324 g/mol. The highest BCUT2D eigenvalue weighted by Crippen LogP contribution is 2.27. The van der Waals surface area contributed by atoms with Crippen molar-refractivity contribution in [1.29, 1.82) is 0 Å². The Balaban J connectivity index is 1.72. The summed E-state index contributed by atoms with van der Waals surface area (Å²) in [5.74, 6) is -0.282. The van der Waals surface area contributed by atoms with Crippen molar-refractivity contribution >= 4 is 23.3 Å². The van der Waals surface area contributed by atoms with Gasteiger partial charge in [0.15, 0.2) is 0 Å². The zero-order valence-electron chi connectivity index (χ0n) is 13.1. The maximum absolute atomic E-state index is 11.9. The van der Waals surface area contributed by atoms with Crippen LogP contribution in [0.15, 0.2) is 17.5 Å². The lowest BCUT2D eigenvalue weighted by molar-refractivity contribution is -0.122.